The number of nitrogens with zero attached hydrogens (tertiary/aromatic N) is 3. The molecule has 0 amide bonds. The Hall–Kier alpha value is -3.35. The molecule has 1 aromatic carbocycles. The number of methoxy groups -OCH3 is 2. The SMILES string of the molecule is COC(=O)[C@@H]1CCCN1c1ccc(Oc2ccnc3nc(OC)ccc23)cc1. The van der Waals surface area contributed by atoms with Crippen molar-refractivity contribution in [2.24, 2.45) is 0 Å². The van der Waals surface area contributed by atoms with Crippen molar-refractivity contribution in [1.82, 2.24) is 9.97 Å². The van der Waals surface area contributed by atoms with E-state index in [2.05, 4.69) is 14.9 Å². The maximum absolute atomic E-state index is 12.0. The van der Waals surface area contributed by atoms with Crippen molar-refractivity contribution < 1.29 is 19.0 Å². The number of rotatable bonds is 5. The average molecular weight is 379 g/mol. The van der Waals surface area contributed by atoms with Crippen LogP contribution in [0, 0.1) is 0 Å². The minimum atomic E-state index is -0.220. The van der Waals surface area contributed by atoms with Gasteiger partial charge in [0.15, 0.2) is 5.65 Å². The summed E-state index contributed by atoms with van der Waals surface area (Å²) in [4.78, 5) is 22.6. The summed E-state index contributed by atoms with van der Waals surface area (Å²) < 4.78 is 16.1. The number of hydrogen-bond donors (Lipinski definition) is 0. The summed E-state index contributed by atoms with van der Waals surface area (Å²) in [5.74, 6) is 1.68. The van der Waals surface area contributed by atoms with Crippen LogP contribution in [0.1, 0.15) is 12.8 Å². The summed E-state index contributed by atoms with van der Waals surface area (Å²) in [5, 5.41) is 0.803. The van der Waals surface area contributed by atoms with Gasteiger partial charge in [0, 0.05) is 24.5 Å². The van der Waals surface area contributed by atoms with Crippen molar-refractivity contribution >= 4 is 22.7 Å². The number of fused-ring (bicyclic) bond motifs is 1. The Bertz CT molecular complexity index is 991. The van der Waals surface area contributed by atoms with E-state index < -0.39 is 0 Å². The van der Waals surface area contributed by atoms with Gasteiger partial charge in [-0.25, -0.2) is 9.78 Å². The van der Waals surface area contributed by atoms with Gasteiger partial charge in [-0.2, -0.15) is 4.98 Å². The molecule has 1 saturated heterocycles. The Morgan fingerprint density at radius 3 is 2.68 bits per heavy atom. The van der Waals surface area contributed by atoms with Gasteiger partial charge in [-0.15, -0.1) is 0 Å². The maximum Gasteiger partial charge on any atom is 0.328 e. The van der Waals surface area contributed by atoms with E-state index in [0.717, 1.165) is 30.5 Å². The number of pyridine rings is 2. The second-order valence-corrected chi connectivity index (χ2v) is 6.50. The van der Waals surface area contributed by atoms with Gasteiger partial charge >= 0.3 is 5.97 Å². The van der Waals surface area contributed by atoms with Crippen molar-refractivity contribution in [3.8, 4) is 17.4 Å². The summed E-state index contributed by atoms with van der Waals surface area (Å²) in [7, 11) is 3.00. The number of ether oxygens (including phenoxy) is 3. The third kappa shape index (κ3) is 3.43. The lowest BCUT2D eigenvalue weighted by Crippen LogP contribution is -2.36. The van der Waals surface area contributed by atoms with Crippen LogP contribution in [-0.2, 0) is 9.53 Å². The number of carbonyl (C=O) groups is 1. The normalized spacial score (nSPS) is 16.2. The second kappa shape index (κ2) is 7.72. The van der Waals surface area contributed by atoms with Gasteiger partial charge in [-0.05, 0) is 49.2 Å². The number of benzene rings is 1. The van der Waals surface area contributed by atoms with Gasteiger partial charge in [0.2, 0.25) is 5.88 Å². The molecule has 0 aliphatic carbocycles. The van der Waals surface area contributed by atoms with Gasteiger partial charge < -0.3 is 19.1 Å². The number of aromatic nitrogens is 2. The topological polar surface area (TPSA) is 73.8 Å². The van der Waals surface area contributed by atoms with Gasteiger partial charge in [0.25, 0.3) is 0 Å². The van der Waals surface area contributed by atoms with Gasteiger partial charge in [0.1, 0.15) is 17.5 Å². The van der Waals surface area contributed by atoms with Crippen LogP contribution in [0.15, 0.2) is 48.7 Å². The molecule has 0 spiro atoms. The highest BCUT2D eigenvalue weighted by Crippen LogP contribution is 2.32. The minimum absolute atomic E-state index is 0.191. The lowest BCUT2D eigenvalue weighted by atomic mass is 10.2. The van der Waals surface area contributed by atoms with Crippen molar-refractivity contribution in [1.29, 1.82) is 0 Å². The average Bonchev–Trinajstić information content (AvgIpc) is 3.23. The van der Waals surface area contributed by atoms with Crippen LogP contribution in [-0.4, -0.2) is 42.7 Å². The Morgan fingerprint density at radius 1 is 1.11 bits per heavy atom. The molecule has 1 aliphatic rings. The first-order chi connectivity index (χ1) is 13.7. The minimum Gasteiger partial charge on any atom is -0.481 e. The highest BCUT2D eigenvalue weighted by molar-refractivity contribution is 5.82. The van der Waals surface area contributed by atoms with E-state index in [4.69, 9.17) is 14.2 Å². The van der Waals surface area contributed by atoms with E-state index in [1.165, 1.54) is 7.11 Å². The first-order valence-electron chi connectivity index (χ1n) is 9.12. The molecule has 1 atom stereocenters. The van der Waals surface area contributed by atoms with Crippen LogP contribution in [0.25, 0.3) is 11.0 Å². The Morgan fingerprint density at radius 2 is 1.93 bits per heavy atom. The molecule has 4 rings (SSSR count). The predicted octanol–water partition coefficient (Wildman–Crippen LogP) is 3.57. The van der Waals surface area contributed by atoms with Crippen molar-refractivity contribution in [3.05, 3.63) is 48.7 Å². The van der Waals surface area contributed by atoms with Crippen LogP contribution < -0.4 is 14.4 Å². The molecular formula is C21H21N3O4. The summed E-state index contributed by atoms with van der Waals surface area (Å²) in [6.45, 7) is 0.836. The molecule has 0 unspecified atom stereocenters. The number of hydrogen-bond acceptors (Lipinski definition) is 7. The molecule has 0 radical (unpaired) electrons. The lowest BCUT2D eigenvalue weighted by molar-refractivity contribution is -0.141. The van der Waals surface area contributed by atoms with Crippen molar-refractivity contribution in [2.45, 2.75) is 18.9 Å². The summed E-state index contributed by atoms with van der Waals surface area (Å²) in [6, 6.07) is 12.9. The van der Waals surface area contributed by atoms with Gasteiger partial charge in [-0.3, -0.25) is 0 Å². The fraction of sp³-hybridized carbons (Fsp3) is 0.286. The van der Waals surface area contributed by atoms with E-state index in [9.17, 15) is 4.79 Å². The monoisotopic (exact) mass is 379 g/mol. The van der Waals surface area contributed by atoms with Crippen LogP contribution in [0.3, 0.4) is 0 Å². The zero-order valence-electron chi connectivity index (χ0n) is 15.8. The Balaban J connectivity index is 1.55. The Labute approximate surface area is 162 Å². The Kier molecular flexibility index (Phi) is 4.97. The van der Waals surface area contributed by atoms with Gasteiger partial charge in [0.05, 0.1) is 19.6 Å². The molecule has 2 aromatic heterocycles. The number of esters is 1. The molecule has 7 nitrogen and oxygen atoms in total. The molecule has 28 heavy (non-hydrogen) atoms. The molecule has 1 aliphatic heterocycles. The smallest absolute Gasteiger partial charge is 0.328 e. The molecule has 1 fully saturated rings. The molecule has 144 valence electrons. The van der Waals surface area contributed by atoms with Crippen LogP contribution in [0.2, 0.25) is 0 Å². The quantitative estimate of drug-likeness (QED) is 0.627. The van der Waals surface area contributed by atoms with E-state index in [1.807, 2.05) is 30.3 Å². The maximum atomic E-state index is 12.0. The fourth-order valence-corrected chi connectivity index (χ4v) is 3.48. The highest BCUT2D eigenvalue weighted by atomic mass is 16.5. The molecule has 0 bridgehead atoms. The van der Waals surface area contributed by atoms with E-state index in [1.54, 1.807) is 25.4 Å². The van der Waals surface area contributed by atoms with Gasteiger partial charge in [-0.1, -0.05) is 0 Å². The van der Waals surface area contributed by atoms with Crippen molar-refractivity contribution in [3.63, 3.8) is 0 Å². The third-order valence-electron chi connectivity index (χ3n) is 4.87. The molecule has 0 N–H and O–H groups in total. The molecule has 7 heteroatoms. The standard InChI is InChI=1S/C21H21N3O4/c1-26-19-10-9-16-18(11-12-22-20(16)23-19)28-15-7-5-14(6-8-15)24-13-3-4-17(24)21(25)27-2/h5-12,17H,3-4,13H2,1-2H3/t17-/m0/s1. The van der Waals surface area contributed by atoms with E-state index in [0.29, 0.717) is 23.0 Å². The summed E-state index contributed by atoms with van der Waals surface area (Å²) in [5.41, 5.74) is 1.54. The second-order valence-electron chi connectivity index (χ2n) is 6.50. The zero-order chi connectivity index (χ0) is 19.5. The van der Waals surface area contributed by atoms with Crippen LogP contribution >= 0.6 is 0 Å². The summed E-state index contributed by atoms with van der Waals surface area (Å²) >= 11 is 0. The van der Waals surface area contributed by atoms with Crippen LogP contribution in [0.4, 0.5) is 5.69 Å². The zero-order valence-corrected chi connectivity index (χ0v) is 15.8. The molecule has 0 saturated carbocycles. The molecule has 3 aromatic rings. The molecule has 3 heterocycles. The lowest BCUT2D eigenvalue weighted by Gasteiger charge is -2.24. The number of anilines is 1. The first-order valence-corrected chi connectivity index (χ1v) is 9.12. The number of carbonyl (C=O) groups excluding carboxylic acids is 1. The largest absolute Gasteiger partial charge is 0.481 e. The summed E-state index contributed by atoms with van der Waals surface area (Å²) in [6.07, 6.45) is 3.44. The predicted molar refractivity (Wildman–Crippen MR) is 105 cm³/mol. The fourth-order valence-electron chi connectivity index (χ4n) is 3.48. The van der Waals surface area contributed by atoms with Crippen molar-refractivity contribution in [2.75, 3.05) is 25.7 Å². The molecular weight excluding hydrogens is 358 g/mol. The van der Waals surface area contributed by atoms with E-state index in [-0.39, 0.29) is 12.0 Å². The third-order valence-corrected chi connectivity index (χ3v) is 4.87. The van der Waals surface area contributed by atoms with E-state index >= 15 is 0 Å². The van der Waals surface area contributed by atoms with Crippen LogP contribution in [0.5, 0.6) is 17.4 Å². The highest BCUT2D eigenvalue weighted by Gasteiger charge is 2.31. The first kappa shape index (κ1) is 18.0.